The molecule has 2 N–H and O–H groups in total. The van der Waals surface area contributed by atoms with E-state index in [1.54, 1.807) is 32.2 Å². The lowest BCUT2D eigenvalue weighted by molar-refractivity contribution is -0.143. The summed E-state index contributed by atoms with van der Waals surface area (Å²) in [6.07, 6.45) is 0.790. The highest BCUT2D eigenvalue weighted by Gasteiger charge is 2.09. The fraction of sp³-hybridized carbons (Fsp3) is 0.467. The molecule has 0 aliphatic rings. The third-order valence-electron chi connectivity index (χ3n) is 2.80. The van der Waals surface area contributed by atoms with Crippen molar-refractivity contribution in [2.45, 2.75) is 19.8 Å². The zero-order chi connectivity index (χ0) is 16.4. The molecule has 1 rings (SSSR count). The van der Waals surface area contributed by atoms with E-state index in [0.717, 1.165) is 0 Å². The molecular formula is C15H22N2O5. The van der Waals surface area contributed by atoms with Gasteiger partial charge in [0.2, 0.25) is 0 Å². The molecule has 0 bridgehead atoms. The van der Waals surface area contributed by atoms with Crippen molar-refractivity contribution < 1.29 is 23.8 Å². The summed E-state index contributed by atoms with van der Waals surface area (Å²) in [5.41, 5.74) is 0.504. The summed E-state index contributed by atoms with van der Waals surface area (Å²) in [4.78, 5) is 23.0. The van der Waals surface area contributed by atoms with E-state index >= 15 is 0 Å². The number of esters is 1. The number of methoxy groups -OCH3 is 2. The molecule has 7 heteroatoms. The van der Waals surface area contributed by atoms with Gasteiger partial charge in [-0.05, 0) is 25.5 Å². The number of ether oxygens (including phenoxy) is 3. The summed E-state index contributed by atoms with van der Waals surface area (Å²) in [6.45, 7) is 2.49. The summed E-state index contributed by atoms with van der Waals surface area (Å²) in [5.74, 6) is 0.875. The molecular weight excluding hydrogens is 288 g/mol. The molecule has 0 heterocycles. The molecule has 0 fully saturated rings. The van der Waals surface area contributed by atoms with Crippen molar-refractivity contribution in [3.05, 3.63) is 18.2 Å². The number of nitrogens with one attached hydrogen (secondary N) is 2. The van der Waals surface area contributed by atoms with Gasteiger partial charge in [0.15, 0.2) is 0 Å². The largest absolute Gasteiger partial charge is 0.497 e. The minimum atomic E-state index is -0.379. The van der Waals surface area contributed by atoms with Crippen molar-refractivity contribution >= 4 is 17.7 Å². The second-order valence-electron chi connectivity index (χ2n) is 4.36. The predicted molar refractivity (Wildman–Crippen MR) is 82.4 cm³/mol. The summed E-state index contributed by atoms with van der Waals surface area (Å²) in [7, 11) is 3.06. The Hall–Kier alpha value is -2.44. The van der Waals surface area contributed by atoms with Crippen molar-refractivity contribution in [1.29, 1.82) is 0 Å². The molecule has 0 saturated carbocycles. The van der Waals surface area contributed by atoms with E-state index in [2.05, 4.69) is 10.6 Å². The van der Waals surface area contributed by atoms with E-state index in [1.165, 1.54) is 7.11 Å². The second kappa shape index (κ2) is 9.49. The zero-order valence-electron chi connectivity index (χ0n) is 13.1. The van der Waals surface area contributed by atoms with Crippen LogP contribution in [-0.2, 0) is 9.53 Å². The lowest BCUT2D eigenvalue weighted by atomic mass is 10.2. The molecule has 0 radical (unpaired) electrons. The monoisotopic (exact) mass is 310 g/mol. The van der Waals surface area contributed by atoms with E-state index < -0.39 is 0 Å². The Morgan fingerprint density at radius 3 is 2.59 bits per heavy atom. The molecule has 22 heavy (non-hydrogen) atoms. The molecule has 1 aromatic carbocycles. The van der Waals surface area contributed by atoms with Gasteiger partial charge in [0.25, 0.3) is 0 Å². The SMILES string of the molecule is CCOC(=O)CCCNC(=O)Nc1cc(OC)ccc1OC. The Kier molecular flexibility index (Phi) is 7.60. The average molecular weight is 310 g/mol. The van der Waals surface area contributed by atoms with E-state index in [-0.39, 0.29) is 18.4 Å². The minimum Gasteiger partial charge on any atom is -0.497 e. The fourth-order valence-corrected chi connectivity index (χ4v) is 1.75. The van der Waals surface area contributed by atoms with E-state index in [1.807, 2.05) is 0 Å². The van der Waals surface area contributed by atoms with Gasteiger partial charge in [-0.15, -0.1) is 0 Å². The van der Waals surface area contributed by atoms with Crippen molar-refractivity contribution in [3.63, 3.8) is 0 Å². The van der Waals surface area contributed by atoms with Crippen LogP contribution in [0.25, 0.3) is 0 Å². The lowest BCUT2D eigenvalue weighted by Gasteiger charge is -2.12. The first kappa shape index (κ1) is 17.6. The Morgan fingerprint density at radius 2 is 1.95 bits per heavy atom. The van der Waals surface area contributed by atoms with Crippen LogP contribution in [0.2, 0.25) is 0 Å². The van der Waals surface area contributed by atoms with Gasteiger partial charge in [0.1, 0.15) is 11.5 Å². The summed E-state index contributed by atoms with van der Waals surface area (Å²) in [5, 5.41) is 5.34. The first-order valence-electron chi connectivity index (χ1n) is 7.03. The van der Waals surface area contributed by atoms with E-state index in [0.29, 0.717) is 36.8 Å². The Balaban J connectivity index is 2.43. The molecule has 0 saturated heterocycles. The first-order chi connectivity index (χ1) is 10.6. The molecule has 122 valence electrons. The maximum absolute atomic E-state index is 11.8. The summed E-state index contributed by atoms with van der Waals surface area (Å²) in [6, 6.07) is 4.73. The number of urea groups is 1. The van der Waals surface area contributed by atoms with Crippen LogP contribution in [0.1, 0.15) is 19.8 Å². The number of hydrogen-bond donors (Lipinski definition) is 2. The van der Waals surface area contributed by atoms with Crippen LogP contribution in [0.5, 0.6) is 11.5 Å². The third kappa shape index (κ3) is 5.90. The van der Waals surface area contributed by atoms with Gasteiger partial charge in [-0.1, -0.05) is 0 Å². The van der Waals surface area contributed by atoms with Crippen LogP contribution < -0.4 is 20.1 Å². The van der Waals surface area contributed by atoms with Gasteiger partial charge in [-0.3, -0.25) is 4.79 Å². The molecule has 2 amide bonds. The minimum absolute atomic E-state index is 0.265. The Labute approximate surface area is 129 Å². The molecule has 0 aromatic heterocycles. The Bertz CT molecular complexity index is 505. The maximum Gasteiger partial charge on any atom is 0.319 e. The molecule has 0 unspecified atom stereocenters. The van der Waals surface area contributed by atoms with Gasteiger partial charge in [-0.2, -0.15) is 0 Å². The standard InChI is InChI=1S/C15H22N2O5/c1-4-22-14(18)6-5-9-16-15(19)17-12-10-11(20-2)7-8-13(12)21-3/h7-8,10H,4-6,9H2,1-3H3,(H2,16,17,19). The first-order valence-corrected chi connectivity index (χ1v) is 7.03. The number of benzene rings is 1. The van der Waals surface area contributed by atoms with E-state index in [4.69, 9.17) is 14.2 Å². The van der Waals surface area contributed by atoms with Crippen LogP contribution in [0, 0.1) is 0 Å². The molecule has 0 aliphatic heterocycles. The molecule has 0 atom stereocenters. The number of rotatable bonds is 8. The topological polar surface area (TPSA) is 85.9 Å². The summed E-state index contributed by atoms with van der Waals surface area (Å²) >= 11 is 0. The Morgan fingerprint density at radius 1 is 1.18 bits per heavy atom. The highest BCUT2D eigenvalue weighted by molar-refractivity contribution is 5.91. The van der Waals surface area contributed by atoms with Gasteiger partial charge >= 0.3 is 12.0 Å². The third-order valence-corrected chi connectivity index (χ3v) is 2.80. The molecule has 7 nitrogen and oxygen atoms in total. The van der Waals surface area contributed by atoms with Crippen molar-refractivity contribution in [1.82, 2.24) is 5.32 Å². The van der Waals surface area contributed by atoms with Crippen LogP contribution in [0.15, 0.2) is 18.2 Å². The molecule has 1 aromatic rings. The van der Waals surface area contributed by atoms with Crippen molar-refractivity contribution in [2.24, 2.45) is 0 Å². The lowest BCUT2D eigenvalue weighted by Crippen LogP contribution is -2.30. The highest BCUT2D eigenvalue weighted by Crippen LogP contribution is 2.28. The molecule has 0 aliphatic carbocycles. The van der Waals surface area contributed by atoms with Gasteiger partial charge in [0, 0.05) is 19.0 Å². The normalized spacial score (nSPS) is 9.77. The van der Waals surface area contributed by atoms with Crippen LogP contribution in [0.4, 0.5) is 10.5 Å². The van der Waals surface area contributed by atoms with Crippen LogP contribution in [0.3, 0.4) is 0 Å². The number of amides is 2. The van der Waals surface area contributed by atoms with Crippen LogP contribution >= 0.6 is 0 Å². The highest BCUT2D eigenvalue weighted by atomic mass is 16.5. The van der Waals surface area contributed by atoms with Gasteiger partial charge in [0.05, 0.1) is 26.5 Å². The number of anilines is 1. The average Bonchev–Trinajstić information content (AvgIpc) is 2.51. The number of carbonyl (C=O) groups excluding carboxylic acids is 2. The fourth-order valence-electron chi connectivity index (χ4n) is 1.75. The van der Waals surface area contributed by atoms with E-state index in [9.17, 15) is 9.59 Å². The number of carbonyl (C=O) groups is 2. The smallest absolute Gasteiger partial charge is 0.319 e. The van der Waals surface area contributed by atoms with Gasteiger partial charge in [-0.25, -0.2) is 4.79 Å². The van der Waals surface area contributed by atoms with Crippen molar-refractivity contribution in [2.75, 3.05) is 32.7 Å². The second-order valence-corrected chi connectivity index (χ2v) is 4.36. The van der Waals surface area contributed by atoms with Crippen molar-refractivity contribution in [3.8, 4) is 11.5 Å². The molecule has 0 spiro atoms. The van der Waals surface area contributed by atoms with Gasteiger partial charge < -0.3 is 24.8 Å². The quantitative estimate of drug-likeness (QED) is 0.568. The summed E-state index contributed by atoms with van der Waals surface area (Å²) < 4.78 is 15.1. The zero-order valence-corrected chi connectivity index (χ0v) is 13.1. The number of hydrogen-bond acceptors (Lipinski definition) is 5. The predicted octanol–water partition coefficient (Wildman–Crippen LogP) is 2.17. The van der Waals surface area contributed by atoms with Crippen LogP contribution in [-0.4, -0.2) is 39.4 Å². The maximum atomic E-state index is 11.8.